The molecule has 5 heteroatoms. The van der Waals surface area contributed by atoms with E-state index in [9.17, 15) is 4.79 Å². The van der Waals surface area contributed by atoms with Gasteiger partial charge in [0, 0.05) is 44.5 Å². The van der Waals surface area contributed by atoms with Gasteiger partial charge in [0.2, 0.25) is 0 Å². The fourth-order valence-corrected chi connectivity index (χ4v) is 4.97. The van der Waals surface area contributed by atoms with Gasteiger partial charge in [0.25, 0.3) is 5.91 Å². The molecule has 1 N–H and O–H groups in total. The molecule has 164 valence electrons. The third kappa shape index (κ3) is 4.08. The van der Waals surface area contributed by atoms with Crippen LogP contribution < -0.4 is 15.1 Å². The fourth-order valence-electron chi connectivity index (χ4n) is 4.97. The van der Waals surface area contributed by atoms with Gasteiger partial charge in [0.1, 0.15) is 6.17 Å². The second-order valence-corrected chi connectivity index (χ2v) is 8.68. The molecule has 5 rings (SSSR count). The molecule has 32 heavy (non-hydrogen) atoms. The van der Waals surface area contributed by atoms with Gasteiger partial charge in [0.15, 0.2) is 0 Å². The number of anilines is 2. The molecule has 0 spiro atoms. The Morgan fingerprint density at radius 1 is 0.844 bits per heavy atom. The third-order valence-corrected chi connectivity index (χ3v) is 6.61. The number of fused-ring (bicyclic) bond motifs is 1. The number of piperazine rings is 1. The highest BCUT2D eigenvalue weighted by atomic mass is 16.2. The topological polar surface area (TPSA) is 38.8 Å². The van der Waals surface area contributed by atoms with E-state index in [4.69, 9.17) is 0 Å². The Balaban J connectivity index is 1.32. The quantitative estimate of drug-likeness (QED) is 0.665. The second kappa shape index (κ2) is 9.05. The lowest BCUT2D eigenvalue weighted by molar-refractivity contribution is 0.0925. The largest absolute Gasteiger partial charge is 0.366 e. The minimum atomic E-state index is -0.151. The lowest BCUT2D eigenvalue weighted by atomic mass is 10.0. The van der Waals surface area contributed by atoms with Crippen LogP contribution in [0, 0.1) is 0 Å². The zero-order chi connectivity index (χ0) is 21.9. The molecule has 0 radical (unpaired) electrons. The van der Waals surface area contributed by atoms with E-state index in [-0.39, 0.29) is 12.1 Å². The van der Waals surface area contributed by atoms with Crippen LogP contribution in [0.5, 0.6) is 0 Å². The van der Waals surface area contributed by atoms with E-state index >= 15 is 0 Å². The SMILES string of the molecule is CC1CN(CCN2c3ccccc3C(=O)NC2c2ccccc2)CCN1c1ccccc1. The lowest BCUT2D eigenvalue weighted by Crippen LogP contribution is -2.54. The molecule has 1 fully saturated rings. The van der Waals surface area contributed by atoms with Crippen LogP contribution in [-0.4, -0.2) is 49.6 Å². The molecule has 2 aliphatic heterocycles. The Hall–Kier alpha value is -3.31. The average Bonchev–Trinajstić information content (AvgIpc) is 2.84. The number of carbonyl (C=O) groups is 1. The van der Waals surface area contributed by atoms with Crippen molar-refractivity contribution in [2.24, 2.45) is 0 Å². The molecule has 2 atom stereocenters. The number of carbonyl (C=O) groups excluding carboxylic acids is 1. The molecular formula is C27H30N4O. The maximum atomic E-state index is 12.8. The molecule has 5 nitrogen and oxygen atoms in total. The molecule has 1 amide bonds. The molecule has 2 aliphatic rings. The first kappa shape index (κ1) is 20.6. The van der Waals surface area contributed by atoms with Crippen LogP contribution in [0.25, 0.3) is 0 Å². The van der Waals surface area contributed by atoms with Crippen molar-refractivity contribution in [3.63, 3.8) is 0 Å². The number of para-hydroxylation sites is 2. The third-order valence-electron chi connectivity index (χ3n) is 6.61. The summed E-state index contributed by atoms with van der Waals surface area (Å²) in [5.41, 5.74) is 4.18. The first-order chi connectivity index (χ1) is 15.7. The predicted octanol–water partition coefficient (Wildman–Crippen LogP) is 4.15. The molecule has 0 aromatic heterocycles. The normalized spacial score (nSPS) is 21.2. The number of benzene rings is 3. The number of amides is 1. The first-order valence-corrected chi connectivity index (χ1v) is 11.5. The summed E-state index contributed by atoms with van der Waals surface area (Å²) in [5, 5.41) is 3.22. The zero-order valence-corrected chi connectivity index (χ0v) is 18.5. The van der Waals surface area contributed by atoms with Crippen LogP contribution in [0.3, 0.4) is 0 Å². The standard InChI is InChI=1S/C27H30N4O/c1-21-20-29(16-18-30(21)23-12-6-3-7-13-23)17-19-31-25-15-9-8-14-24(25)27(32)28-26(31)22-10-4-2-5-11-22/h2-15,21,26H,16-20H2,1H3,(H,28,32). The van der Waals surface area contributed by atoms with Crippen molar-refractivity contribution in [3.8, 4) is 0 Å². The van der Waals surface area contributed by atoms with Crippen LogP contribution in [0.15, 0.2) is 84.9 Å². The summed E-state index contributed by atoms with van der Waals surface area (Å²) < 4.78 is 0. The first-order valence-electron chi connectivity index (χ1n) is 11.5. The van der Waals surface area contributed by atoms with Gasteiger partial charge in [-0.3, -0.25) is 9.69 Å². The van der Waals surface area contributed by atoms with E-state index in [0.717, 1.165) is 49.5 Å². The number of rotatable bonds is 5. The molecule has 0 aliphatic carbocycles. The fraction of sp³-hybridized carbons (Fsp3) is 0.296. The van der Waals surface area contributed by atoms with E-state index in [1.54, 1.807) is 0 Å². The Bertz CT molecular complexity index is 1060. The van der Waals surface area contributed by atoms with Crippen LogP contribution in [0.2, 0.25) is 0 Å². The minimum absolute atomic E-state index is 0.00389. The van der Waals surface area contributed by atoms with Gasteiger partial charge < -0.3 is 15.1 Å². The number of hydrogen-bond acceptors (Lipinski definition) is 4. The van der Waals surface area contributed by atoms with E-state index in [1.165, 1.54) is 5.69 Å². The summed E-state index contributed by atoms with van der Waals surface area (Å²) in [6.07, 6.45) is -0.151. The van der Waals surface area contributed by atoms with Crippen molar-refractivity contribution in [1.29, 1.82) is 0 Å². The molecule has 2 unspecified atom stereocenters. The summed E-state index contributed by atoms with van der Waals surface area (Å²) in [7, 11) is 0. The summed E-state index contributed by atoms with van der Waals surface area (Å²) in [6, 6.07) is 29.4. The van der Waals surface area contributed by atoms with Gasteiger partial charge in [-0.05, 0) is 36.8 Å². The Morgan fingerprint density at radius 3 is 2.28 bits per heavy atom. The van der Waals surface area contributed by atoms with Crippen molar-refractivity contribution >= 4 is 17.3 Å². The average molecular weight is 427 g/mol. The molecule has 2 heterocycles. The van der Waals surface area contributed by atoms with E-state index < -0.39 is 0 Å². The molecule has 0 bridgehead atoms. The Labute approximate surface area is 190 Å². The van der Waals surface area contributed by atoms with Crippen LogP contribution in [0.4, 0.5) is 11.4 Å². The maximum absolute atomic E-state index is 12.8. The van der Waals surface area contributed by atoms with Crippen molar-refractivity contribution in [3.05, 3.63) is 96.1 Å². The highest BCUT2D eigenvalue weighted by molar-refractivity contribution is 6.02. The van der Waals surface area contributed by atoms with Crippen LogP contribution >= 0.6 is 0 Å². The van der Waals surface area contributed by atoms with Gasteiger partial charge in [-0.15, -0.1) is 0 Å². The van der Waals surface area contributed by atoms with Gasteiger partial charge in [-0.1, -0.05) is 60.7 Å². The minimum Gasteiger partial charge on any atom is -0.366 e. The monoisotopic (exact) mass is 426 g/mol. The Morgan fingerprint density at radius 2 is 1.53 bits per heavy atom. The molecule has 3 aromatic rings. The number of hydrogen-bond donors (Lipinski definition) is 1. The number of nitrogens with one attached hydrogen (secondary N) is 1. The zero-order valence-electron chi connectivity index (χ0n) is 18.5. The van der Waals surface area contributed by atoms with Crippen LogP contribution in [-0.2, 0) is 0 Å². The maximum Gasteiger partial charge on any atom is 0.255 e. The summed E-state index contributed by atoms with van der Waals surface area (Å²) in [5.74, 6) is -0.00389. The van der Waals surface area contributed by atoms with E-state index in [0.29, 0.717) is 6.04 Å². The van der Waals surface area contributed by atoms with Crippen LogP contribution in [0.1, 0.15) is 29.0 Å². The highest BCUT2D eigenvalue weighted by Crippen LogP contribution is 2.33. The van der Waals surface area contributed by atoms with Crippen molar-refractivity contribution in [2.45, 2.75) is 19.1 Å². The van der Waals surface area contributed by atoms with Crippen molar-refractivity contribution < 1.29 is 4.79 Å². The van der Waals surface area contributed by atoms with E-state index in [1.807, 2.05) is 36.4 Å². The van der Waals surface area contributed by atoms with Crippen molar-refractivity contribution in [2.75, 3.05) is 42.5 Å². The van der Waals surface area contributed by atoms with Gasteiger partial charge in [0.05, 0.1) is 11.3 Å². The summed E-state index contributed by atoms with van der Waals surface area (Å²) in [4.78, 5) is 20.2. The number of nitrogens with zero attached hydrogens (tertiary/aromatic N) is 3. The second-order valence-electron chi connectivity index (χ2n) is 8.68. The highest BCUT2D eigenvalue weighted by Gasteiger charge is 2.32. The smallest absolute Gasteiger partial charge is 0.255 e. The van der Waals surface area contributed by atoms with Gasteiger partial charge >= 0.3 is 0 Å². The van der Waals surface area contributed by atoms with Gasteiger partial charge in [-0.2, -0.15) is 0 Å². The molecular weight excluding hydrogens is 396 g/mol. The molecule has 1 saturated heterocycles. The van der Waals surface area contributed by atoms with Crippen molar-refractivity contribution in [1.82, 2.24) is 10.2 Å². The van der Waals surface area contributed by atoms with Gasteiger partial charge in [-0.25, -0.2) is 0 Å². The summed E-state index contributed by atoms with van der Waals surface area (Å²) in [6.45, 7) is 7.22. The lowest BCUT2D eigenvalue weighted by Gasteiger charge is -2.44. The molecule has 3 aromatic carbocycles. The summed E-state index contributed by atoms with van der Waals surface area (Å²) >= 11 is 0. The Kier molecular flexibility index (Phi) is 5.82. The molecule has 0 saturated carbocycles. The van der Waals surface area contributed by atoms with E-state index in [2.05, 4.69) is 75.5 Å². The predicted molar refractivity (Wildman–Crippen MR) is 130 cm³/mol.